The summed E-state index contributed by atoms with van der Waals surface area (Å²) in [5, 5.41) is 12.2. The second-order valence-corrected chi connectivity index (χ2v) is 7.66. The largest absolute Gasteiger partial charge is 0.288 e. The van der Waals surface area contributed by atoms with Crippen molar-refractivity contribution in [1.29, 1.82) is 0 Å². The monoisotopic (exact) mass is 380 g/mol. The SMILES string of the molecule is Cn1cc(-c2cnc3cnn(S(=O)(=O)c4cnn5cccnc45)c3c2)cn1. The van der Waals surface area contributed by atoms with Gasteiger partial charge in [0.15, 0.2) is 10.5 Å². The highest BCUT2D eigenvalue weighted by Crippen LogP contribution is 2.25. The summed E-state index contributed by atoms with van der Waals surface area (Å²) in [6.07, 6.45) is 11.0. The lowest BCUT2D eigenvalue weighted by atomic mass is 10.1. The number of rotatable bonds is 3. The van der Waals surface area contributed by atoms with E-state index in [4.69, 9.17) is 0 Å². The molecule has 10 nitrogen and oxygen atoms in total. The van der Waals surface area contributed by atoms with Crippen LogP contribution in [-0.4, -0.2) is 47.0 Å². The summed E-state index contributed by atoms with van der Waals surface area (Å²) in [6.45, 7) is 0. The van der Waals surface area contributed by atoms with Crippen LogP contribution in [-0.2, 0) is 17.1 Å². The molecule has 0 saturated carbocycles. The Morgan fingerprint density at radius 1 is 0.963 bits per heavy atom. The third-order valence-electron chi connectivity index (χ3n) is 4.18. The summed E-state index contributed by atoms with van der Waals surface area (Å²) in [4.78, 5) is 8.41. The molecule has 5 aromatic heterocycles. The van der Waals surface area contributed by atoms with E-state index in [-0.39, 0.29) is 10.5 Å². The summed E-state index contributed by atoms with van der Waals surface area (Å²) in [5.74, 6) is 0. The molecule has 27 heavy (non-hydrogen) atoms. The van der Waals surface area contributed by atoms with E-state index in [2.05, 4.69) is 25.3 Å². The highest BCUT2D eigenvalue weighted by Gasteiger charge is 2.26. The molecule has 0 atom stereocenters. The summed E-state index contributed by atoms with van der Waals surface area (Å²) in [5.41, 5.74) is 2.64. The lowest BCUT2D eigenvalue weighted by Gasteiger charge is -2.05. The Balaban J connectivity index is 1.72. The minimum Gasteiger partial charge on any atom is -0.275 e. The van der Waals surface area contributed by atoms with E-state index in [1.54, 1.807) is 35.4 Å². The van der Waals surface area contributed by atoms with Crippen molar-refractivity contribution in [2.24, 2.45) is 7.05 Å². The predicted octanol–water partition coefficient (Wildman–Crippen LogP) is 1.11. The standard InChI is InChI=1S/C16H12N8O2S/c1-22-10-12(7-19-22)11-5-14-13(18-6-11)8-21-24(14)27(25,26)15-9-20-23-4-2-3-17-16(15)23/h2-10H,1H3. The van der Waals surface area contributed by atoms with E-state index < -0.39 is 10.0 Å². The van der Waals surface area contributed by atoms with Gasteiger partial charge < -0.3 is 0 Å². The first-order valence-corrected chi connectivity index (χ1v) is 9.35. The van der Waals surface area contributed by atoms with Gasteiger partial charge >= 0.3 is 0 Å². The van der Waals surface area contributed by atoms with Crippen molar-refractivity contribution < 1.29 is 8.42 Å². The Labute approximate surface area is 152 Å². The van der Waals surface area contributed by atoms with Crippen LogP contribution in [0.3, 0.4) is 0 Å². The molecule has 134 valence electrons. The lowest BCUT2D eigenvalue weighted by molar-refractivity contribution is 0.583. The molecular formula is C16H12N8O2S. The lowest BCUT2D eigenvalue weighted by Crippen LogP contribution is -2.14. The molecular weight excluding hydrogens is 368 g/mol. The predicted molar refractivity (Wildman–Crippen MR) is 95.3 cm³/mol. The fraction of sp³-hybridized carbons (Fsp3) is 0.0625. The zero-order chi connectivity index (χ0) is 18.6. The Kier molecular flexibility index (Phi) is 3.15. The Hall–Kier alpha value is -3.60. The number of fused-ring (bicyclic) bond motifs is 2. The van der Waals surface area contributed by atoms with Gasteiger partial charge in [0.05, 0.1) is 18.6 Å². The third-order valence-corrected chi connectivity index (χ3v) is 5.77. The molecule has 0 aromatic carbocycles. The Morgan fingerprint density at radius 2 is 1.85 bits per heavy atom. The summed E-state index contributed by atoms with van der Waals surface area (Å²) >= 11 is 0. The molecule has 0 N–H and O–H groups in total. The van der Waals surface area contributed by atoms with Crippen LogP contribution < -0.4 is 0 Å². The zero-order valence-electron chi connectivity index (χ0n) is 14.0. The first-order valence-electron chi connectivity index (χ1n) is 7.91. The van der Waals surface area contributed by atoms with Gasteiger partial charge in [-0.1, -0.05) is 0 Å². The van der Waals surface area contributed by atoms with Crippen LogP contribution >= 0.6 is 0 Å². The Morgan fingerprint density at radius 3 is 2.67 bits per heavy atom. The van der Waals surface area contributed by atoms with Crippen molar-refractivity contribution in [3.63, 3.8) is 0 Å². The molecule has 0 amide bonds. The van der Waals surface area contributed by atoms with Crippen LogP contribution in [0.4, 0.5) is 0 Å². The van der Waals surface area contributed by atoms with Gasteiger partial charge in [0.25, 0.3) is 10.0 Å². The zero-order valence-corrected chi connectivity index (χ0v) is 14.8. The molecule has 0 aliphatic heterocycles. The van der Waals surface area contributed by atoms with E-state index in [0.717, 1.165) is 15.2 Å². The van der Waals surface area contributed by atoms with Crippen molar-refractivity contribution in [2.45, 2.75) is 4.90 Å². The first-order chi connectivity index (χ1) is 13.0. The normalized spacial score (nSPS) is 12.2. The van der Waals surface area contributed by atoms with Gasteiger partial charge in [-0.05, 0) is 12.1 Å². The van der Waals surface area contributed by atoms with Gasteiger partial charge in [-0.2, -0.15) is 27.8 Å². The number of aromatic nitrogens is 8. The van der Waals surface area contributed by atoms with Crippen LogP contribution in [0.15, 0.2) is 60.4 Å². The summed E-state index contributed by atoms with van der Waals surface area (Å²) in [7, 11) is -2.19. The molecule has 0 spiro atoms. The van der Waals surface area contributed by atoms with E-state index in [1.165, 1.54) is 23.1 Å². The van der Waals surface area contributed by atoms with Crippen LogP contribution in [0.1, 0.15) is 0 Å². The van der Waals surface area contributed by atoms with E-state index in [0.29, 0.717) is 11.0 Å². The molecule has 5 aromatic rings. The number of hydrogen-bond donors (Lipinski definition) is 0. The van der Waals surface area contributed by atoms with Crippen LogP contribution in [0, 0.1) is 0 Å². The van der Waals surface area contributed by atoms with E-state index in [9.17, 15) is 8.42 Å². The maximum atomic E-state index is 13.2. The molecule has 11 heteroatoms. The van der Waals surface area contributed by atoms with Gasteiger partial charge in [0.1, 0.15) is 11.0 Å². The summed E-state index contributed by atoms with van der Waals surface area (Å²) in [6, 6.07) is 3.40. The number of nitrogens with zero attached hydrogens (tertiary/aromatic N) is 8. The van der Waals surface area contributed by atoms with Gasteiger partial charge in [-0.25, -0.2) is 9.50 Å². The third kappa shape index (κ3) is 2.32. The van der Waals surface area contributed by atoms with Crippen molar-refractivity contribution in [3.8, 4) is 11.1 Å². The maximum Gasteiger partial charge on any atom is 0.288 e. The molecule has 0 saturated heterocycles. The fourth-order valence-corrected chi connectivity index (χ4v) is 4.21. The smallest absolute Gasteiger partial charge is 0.275 e. The minimum atomic E-state index is -4.00. The molecule has 5 heterocycles. The van der Waals surface area contributed by atoms with E-state index in [1.807, 2.05) is 13.2 Å². The molecule has 5 rings (SSSR count). The average molecular weight is 380 g/mol. The highest BCUT2D eigenvalue weighted by atomic mass is 32.2. The first kappa shape index (κ1) is 15.6. The molecule has 0 radical (unpaired) electrons. The van der Waals surface area contributed by atoms with Crippen LogP contribution in [0.2, 0.25) is 0 Å². The van der Waals surface area contributed by atoms with Gasteiger partial charge in [0, 0.05) is 43.0 Å². The fourth-order valence-electron chi connectivity index (χ4n) is 2.89. The van der Waals surface area contributed by atoms with E-state index >= 15 is 0 Å². The molecule has 0 fully saturated rings. The highest BCUT2D eigenvalue weighted by molar-refractivity contribution is 7.90. The molecule has 0 unspecified atom stereocenters. The number of hydrogen-bond acceptors (Lipinski definition) is 7. The molecule has 0 bridgehead atoms. The van der Waals surface area contributed by atoms with Crippen molar-refractivity contribution in [1.82, 2.24) is 38.5 Å². The second kappa shape index (κ2) is 5.45. The molecule has 0 aliphatic carbocycles. The van der Waals surface area contributed by atoms with Gasteiger partial charge in [-0.15, -0.1) is 0 Å². The van der Waals surface area contributed by atoms with Crippen molar-refractivity contribution >= 4 is 26.7 Å². The van der Waals surface area contributed by atoms with Crippen molar-refractivity contribution in [3.05, 3.63) is 55.5 Å². The maximum absolute atomic E-state index is 13.2. The summed E-state index contributed by atoms with van der Waals surface area (Å²) < 4.78 is 30.4. The van der Waals surface area contributed by atoms with Crippen molar-refractivity contribution in [2.75, 3.05) is 0 Å². The van der Waals surface area contributed by atoms with Gasteiger partial charge in [0.2, 0.25) is 0 Å². The number of pyridine rings is 1. The molecule has 0 aliphatic rings. The minimum absolute atomic E-state index is 0.0279. The average Bonchev–Trinajstić information content (AvgIpc) is 3.38. The van der Waals surface area contributed by atoms with Crippen LogP contribution in [0.25, 0.3) is 27.8 Å². The topological polar surface area (TPSA) is 113 Å². The van der Waals surface area contributed by atoms with Crippen LogP contribution in [0.5, 0.6) is 0 Å². The Bertz CT molecular complexity index is 1410. The van der Waals surface area contributed by atoms with Gasteiger partial charge in [-0.3, -0.25) is 9.67 Å². The quantitative estimate of drug-likeness (QED) is 0.461. The number of aryl methyl sites for hydroxylation is 1. The second-order valence-electron chi connectivity index (χ2n) is 5.92.